The first-order chi connectivity index (χ1) is 12.4. The van der Waals surface area contributed by atoms with Gasteiger partial charge in [0.15, 0.2) is 0 Å². The van der Waals surface area contributed by atoms with Crippen molar-refractivity contribution in [3.8, 4) is 0 Å². The number of fused-ring (bicyclic) bond motifs is 6. The Morgan fingerprint density at radius 2 is 1.81 bits per heavy atom. The molecule has 2 bridgehead atoms. The molecule has 4 nitrogen and oxygen atoms in total. The first kappa shape index (κ1) is 16.0. The Balaban J connectivity index is 1.70. The summed E-state index contributed by atoms with van der Waals surface area (Å²) in [4.78, 5) is 0.368. The smallest absolute Gasteiger partial charge is 0.206 e. The minimum Gasteiger partial charge on any atom is -0.347 e. The molecule has 2 atom stereocenters. The standard InChI is InChI=1S/C20H19FN2O2S/c1-23-18-9-7-15(26(24,25)14-5-2-12(21)3-6-14)11-16(18)20-17-8-4-13(22-17)10-19(20)23/h2-3,5-7,9,11,13,17,22H,4,8,10H2,1H3. The highest BCUT2D eigenvalue weighted by molar-refractivity contribution is 7.91. The van der Waals surface area contributed by atoms with Gasteiger partial charge in [-0.15, -0.1) is 0 Å². The van der Waals surface area contributed by atoms with E-state index < -0.39 is 15.7 Å². The van der Waals surface area contributed by atoms with Crippen molar-refractivity contribution < 1.29 is 12.8 Å². The Morgan fingerprint density at radius 3 is 2.58 bits per heavy atom. The van der Waals surface area contributed by atoms with Crippen molar-refractivity contribution in [1.29, 1.82) is 0 Å². The van der Waals surface area contributed by atoms with Crippen molar-refractivity contribution in [2.75, 3.05) is 0 Å². The third-order valence-electron chi connectivity index (χ3n) is 5.80. The first-order valence-electron chi connectivity index (χ1n) is 8.83. The van der Waals surface area contributed by atoms with Gasteiger partial charge in [0.1, 0.15) is 5.82 Å². The van der Waals surface area contributed by atoms with Gasteiger partial charge in [0.2, 0.25) is 9.84 Å². The summed E-state index contributed by atoms with van der Waals surface area (Å²) >= 11 is 0. The molecular weight excluding hydrogens is 351 g/mol. The molecule has 1 fully saturated rings. The molecule has 0 saturated carbocycles. The third kappa shape index (κ3) is 2.18. The highest BCUT2D eigenvalue weighted by Crippen LogP contribution is 2.42. The van der Waals surface area contributed by atoms with Gasteiger partial charge in [0.25, 0.3) is 0 Å². The van der Waals surface area contributed by atoms with Crippen LogP contribution < -0.4 is 5.32 Å². The topological polar surface area (TPSA) is 51.1 Å². The SMILES string of the molecule is Cn1c2c(c3cc(S(=O)(=O)c4ccc(F)cc4)ccc31)C1CCC(C2)N1. The predicted molar refractivity (Wildman–Crippen MR) is 97.4 cm³/mol. The lowest BCUT2D eigenvalue weighted by atomic mass is 9.99. The minimum absolute atomic E-state index is 0.113. The Hall–Kier alpha value is -2.18. The molecular formula is C20H19FN2O2S. The van der Waals surface area contributed by atoms with Crippen molar-refractivity contribution in [3.05, 3.63) is 59.5 Å². The van der Waals surface area contributed by atoms with Crippen LogP contribution in [0.2, 0.25) is 0 Å². The molecule has 0 amide bonds. The van der Waals surface area contributed by atoms with E-state index in [-0.39, 0.29) is 9.79 Å². The van der Waals surface area contributed by atoms with Gasteiger partial charge in [-0.3, -0.25) is 0 Å². The monoisotopic (exact) mass is 370 g/mol. The van der Waals surface area contributed by atoms with Crippen LogP contribution >= 0.6 is 0 Å². The number of halogens is 1. The summed E-state index contributed by atoms with van der Waals surface area (Å²) in [5, 5.41) is 4.65. The zero-order valence-corrected chi connectivity index (χ0v) is 15.2. The van der Waals surface area contributed by atoms with E-state index in [0.717, 1.165) is 30.2 Å². The average molecular weight is 370 g/mol. The molecule has 3 aromatic rings. The van der Waals surface area contributed by atoms with Gasteiger partial charge in [0.05, 0.1) is 9.79 Å². The second-order valence-electron chi connectivity index (χ2n) is 7.25. The predicted octanol–water partition coefficient (Wildman–Crippen LogP) is 3.50. The number of hydrogen-bond acceptors (Lipinski definition) is 3. The summed E-state index contributed by atoms with van der Waals surface area (Å²) in [5.74, 6) is -0.446. The van der Waals surface area contributed by atoms with Crippen molar-refractivity contribution in [2.24, 2.45) is 7.05 Å². The molecule has 0 radical (unpaired) electrons. The summed E-state index contributed by atoms with van der Waals surface area (Å²) in [6.07, 6.45) is 3.23. The summed E-state index contributed by atoms with van der Waals surface area (Å²) in [7, 11) is -1.62. The Labute approximate surface area is 151 Å². The number of hydrogen-bond donors (Lipinski definition) is 1. The molecule has 5 rings (SSSR count). The van der Waals surface area contributed by atoms with Crippen LogP contribution in [0.1, 0.15) is 30.1 Å². The van der Waals surface area contributed by atoms with Gasteiger partial charge in [0, 0.05) is 42.1 Å². The molecule has 26 heavy (non-hydrogen) atoms. The molecule has 2 aliphatic heterocycles. The number of nitrogens with zero attached hydrogens (tertiary/aromatic N) is 1. The van der Waals surface area contributed by atoms with Crippen LogP contribution in [0.5, 0.6) is 0 Å². The van der Waals surface area contributed by atoms with Crippen molar-refractivity contribution in [1.82, 2.24) is 9.88 Å². The summed E-state index contributed by atoms with van der Waals surface area (Å²) in [6.45, 7) is 0. The van der Waals surface area contributed by atoms with E-state index in [9.17, 15) is 12.8 Å². The highest BCUT2D eigenvalue weighted by atomic mass is 32.2. The molecule has 0 spiro atoms. The number of aryl methyl sites for hydroxylation is 1. The van der Waals surface area contributed by atoms with Gasteiger partial charge in [-0.2, -0.15) is 0 Å². The lowest BCUT2D eigenvalue weighted by Gasteiger charge is -2.23. The maximum absolute atomic E-state index is 13.2. The van der Waals surface area contributed by atoms with E-state index in [2.05, 4.69) is 16.9 Å². The molecule has 2 aromatic carbocycles. The van der Waals surface area contributed by atoms with E-state index in [1.165, 1.54) is 35.5 Å². The zero-order valence-electron chi connectivity index (χ0n) is 14.4. The summed E-state index contributed by atoms with van der Waals surface area (Å²) < 4.78 is 41.3. The van der Waals surface area contributed by atoms with Crippen LogP contribution in [-0.2, 0) is 23.3 Å². The number of aromatic nitrogens is 1. The van der Waals surface area contributed by atoms with Gasteiger partial charge in [-0.05, 0) is 60.9 Å². The molecule has 0 aliphatic carbocycles. The second-order valence-corrected chi connectivity index (χ2v) is 9.20. The lowest BCUT2D eigenvalue weighted by Crippen LogP contribution is -2.32. The molecule has 2 aliphatic rings. The van der Waals surface area contributed by atoms with Crippen LogP contribution in [0.15, 0.2) is 52.3 Å². The van der Waals surface area contributed by atoms with Crippen molar-refractivity contribution in [2.45, 2.75) is 41.1 Å². The minimum atomic E-state index is -3.67. The van der Waals surface area contributed by atoms with Gasteiger partial charge in [-0.1, -0.05) is 0 Å². The Bertz CT molecular complexity index is 1130. The fourth-order valence-electron chi connectivity index (χ4n) is 4.50. The molecule has 134 valence electrons. The van der Waals surface area contributed by atoms with E-state index in [1.807, 2.05) is 6.07 Å². The second kappa shape index (κ2) is 5.41. The normalized spacial score (nSPS) is 21.9. The largest absolute Gasteiger partial charge is 0.347 e. The quantitative estimate of drug-likeness (QED) is 0.703. The Kier molecular flexibility index (Phi) is 3.33. The fourth-order valence-corrected chi connectivity index (χ4v) is 5.79. The van der Waals surface area contributed by atoms with E-state index in [1.54, 1.807) is 12.1 Å². The van der Waals surface area contributed by atoms with E-state index in [4.69, 9.17) is 0 Å². The van der Waals surface area contributed by atoms with Crippen LogP contribution in [0, 0.1) is 5.82 Å². The average Bonchev–Trinajstić information content (AvgIpc) is 3.14. The van der Waals surface area contributed by atoms with Gasteiger partial charge in [-0.25, -0.2) is 12.8 Å². The Morgan fingerprint density at radius 1 is 1.08 bits per heavy atom. The van der Waals surface area contributed by atoms with Crippen molar-refractivity contribution in [3.63, 3.8) is 0 Å². The van der Waals surface area contributed by atoms with E-state index >= 15 is 0 Å². The molecule has 6 heteroatoms. The van der Waals surface area contributed by atoms with Gasteiger partial charge < -0.3 is 9.88 Å². The summed E-state index contributed by atoms with van der Waals surface area (Å²) in [5.41, 5.74) is 3.61. The number of nitrogens with one attached hydrogen (secondary N) is 1. The zero-order chi connectivity index (χ0) is 18.1. The number of sulfone groups is 1. The van der Waals surface area contributed by atoms with Gasteiger partial charge >= 0.3 is 0 Å². The molecule has 1 saturated heterocycles. The van der Waals surface area contributed by atoms with Crippen LogP contribution in [0.4, 0.5) is 4.39 Å². The summed E-state index contributed by atoms with van der Waals surface area (Å²) in [6, 6.07) is 11.1. The molecule has 3 heterocycles. The number of benzene rings is 2. The van der Waals surface area contributed by atoms with Crippen LogP contribution in [-0.4, -0.2) is 19.0 Å². The van der Waals surface area contributed by atoms with Crippen LogP contribution in [0.25, 0.3) is 10.9 Å². The van der Waals surface area contributed by atoms with Crippen molar-refractivity contribution >= 4 is 20.7 Å². The first-order valence-corrected chi connectivity index (χ1v) is 10.3. The third-order valence-corrected chi connectivity index (χ3v) is 7.57. The highest BCUT2D eigenvalue weighted by Gasteiger charge is 2.36. The number of rotatable bonds is 2. The molecule has 1 aromatic heterocycles. The lowest BCUT2D eigenvalue weighted by molar-refractivity contribution is 0.503. The maximum atomic E-state index is 13.2. The molecule has 2 unspecified atom stereocenters. The van der Waals surface area contributed by atoms with E-state index in [0.29, 0.717) is 12.1 Å². The molecule has 1 N–H and O–H groups in total. The maximum Gasteiger partial charge on any atom is 0.206 e. The fraction of sp³-hybridized carbons (Fsp3) is 0.300. The van der Waals surface area contributed by atoms with Crippen LogP contribution in [0.3, 0.4) is 0 Å².